The highest BCUT2D eigenvalue weighted by atomic mass is 16.5. The van der Waals surface area contributed by atoms with Crippen molar-refractivity contribution in [3.05, 3.63) is 60.6 Å². The molecule has 7 heteroatoms. The number of carbonyl (C=O) groups is 1. The molecule has 1 N–H and O–H groups in total. The van der Waals surface area contributed by atoms with E-state index in [4.69, 9.17) is 9.47 Å². The van der Waals surface area contributed by atoms with E-state index in [9.17, 15) is 4.79 Å². The molecule has 3 aromatic rings. The van der Waals surface area contributed by atoms with Crippen LogP contribution in [0.1, 0.15) is 10.4 Å². The monoisotopic (exact) mass is 352 g/mol. The van der Waals surface area contributed by atoms with Crippen LogP contribution in [0.4, 0.5) is 0 Å². The second kappa shape index (κ2) is 8.15. The van der Waals surface area contributed by atoms with Crippen LogP contribution in [0.3, 0.4) is 0 Å². The molecule has 0 radical (unpaired) electrons. The van der Waals surface area contributed by atoms with E-state index >= 15 is 0 Å². The number of carbonyl (C=O) groups excluding carboxylic acids is 1. The lowest BCUT2D eigenvalue weighted by Crippen LogP contribution is -2.27. The van der Waals surface area contributed by atoms with Crippen LogP contribution in [0, 0.1) is 0 Å². The van der Waals surface area contributed by atoms with Crippen LogP contribution >= 0.6 is 0 Å². The number of aromatic nitrogens is 3. The van der Waals surface area contributed by atoms with E-state index in [1.807, 2.05) is 24.4 Å². The predicted molar refractivity (Wildman–Crippen MR) is 97.3 cm³/mol. The van der Waals surface area contributed by atoms with Crippen molar-refractivity contribution < 1.29 is 14.3 Å². The van der Waals surface area contributed by atoms with E-state index in [1.54, 1.807) is 42.4 Å². The van der Waals surface area contributed by atoms with E-state index in [0.29, 0.717) is 30.2 Å². The predicted octanol–water partition coefficient (Wildman–Crippen LogP) is 2.39. The largest absolute Gasteiger partial charge is 0.493 e. The topological polar surface area (TPSA) is 78.3 Å². The fourth-order valence-corrected chi connectivity index (χ4v) is 2.53. The number of methoxy groups -OCH3 is 2. The van der Waals surface area contributed by atoms with Gasteiger partial charge in [0.15, 0.2) is 11.5 Å². The zero-order valence-electron chi connectivity index (χ0n) is 14.7. The first-order valence-corrected chi connectivity index (χ1v) is 8.15. The van der Waals surface area contributed by atoms with Crippen LogP contribution in [-0.4, -0.2) is 41.4 Å². The summed E-state index contributed by atoms with van der Waals surface area (Å²) in [6.07, 6.45) is 5.35. The second-order valence-electron chi connectivity index (χ2n) is 5.53. The summed E-state index contributed by atoms with van der Waals surface area (Å²) in [6.45, 7) is 1.04. The number of nitrogens with one attached hydrogen (secondary N) is 1. The van der Waals surface area contributed by atoms with Gasteiger partial charge in [0, 0.05) is 36.3 Å². The Morgan fingerprint density at radius 2 is 1.85 bits per heavy atom. The van der Waals surface area contributed by atoms with Crippen molar-refractivity contribution in [1.29, 1.82) is 0 Å². The van der Waals surface area contributed by atoms with Crippen LogP contribution in [0.15, 0.2) is 55.0 Å². The number of amides is 1. The van der Waals surface area contributed by atoms with Gasteiger partial charge in [-0.2, -0.15) is 5.10 Å². The quantitative estimate of drug-likeness (QED) is 0.706. The number of benzene rings is 1. The zero-order valence-corrected chi connectivity index (χ0v) is 14.7. The first-order valence-electron chi connectivity index (χ1n) is 8.15. The molecule has 0 unspecified atom stereocenters. The van der Waals surface area contributed by atoms with Gasteiger partial charge in [-0.3, -0.25) is 14.5 Å². The molecule has 0 aliphatic heterocycles. The molecule has 0 bridgehead atoms. The lowest BCUT2D eigenvalue weighted by molar-refractivity contribution is 0.0951. The molecule has 2 aromatic heterocycles. The van der Waals surface area contributed by atoms with Crippen LogP contribution < -0.4 is 14.8 Å². The van der Waals surface area contributed by atoms with Gasteiger partial charge in [-0.05, 0) is 36.4 Å². The average Bonchev–Trinajstić information content (AvgIpc) is 3.17. The van der Waals surface area contributed by atoms with Gasteiger partial charge < -0.3 is 14.8 Å². The number of ether oxygens (including phenoxy) is 2. The van der Waals surface area contributed by atoms with Crippen molar-refractivity contribution in [2.75, 3.05) is 20.8 Å². The van der Waals surface area contributed by atoms with Gasteiger partial charge in [0.1, 0.15) is 0 Å². The standard InChI is InChI=1S/C19H20N4O3/c1-25-17-4-3-15(13-18(17)26-2)19(24)21-10-12-23-11-7-16(22-23)14-5-8-20-9-6-14/h3-9,11,13H,10,12H2,1-2H3,(H,21,24). The molecule has 1 amide bonds. The van der Waals surface area contributed by atoms with Gasteiger partial charge in [-0.1, -0.05) is 0 Å². The molecule has 134 valence electrons. The molecular weight excluding hydrogens is 332 g/mol. The molecule has 0 fully saturated rings. The minimum absolute atomic E-state index is 0.174. The summed E-state index contributed by atoms with van der Waals surface area (Å²) in [4.78, 5) is 16.3. The summed E-state index contributed by atoms with van der Waals surface area (Å²) >= 11 is 0. The number of nitrogens with zero attached hydrogens (tertiary/aromatic N) is 3. The third-order valence-electron chi connectivity index (χ3n) is 3.89. The lowest BCUT2D eigenvalue weighted by atomic mass is 10.2. The van der Waals surface area contributed by atoms with Crippen molar-refractivity contribution in [2.24, 2.45) is 0 Å². The van der Waals surface area contributed by atoms with Crippen molar-refractivity contribution >= 4 is 5.91 Å². The molecule has 0 aliphatic carbocycles. The number of rotatable bonds is 7. The summed E-state index contributed by atoms with van der Waals surface area (Å²) in [7, 11) is 3.10. The molecule has 2 heterocycles. The zero-order chi connectivity index (χ0) is 18.4. The maximum Gasteiger partial charge on any atom is 0.251 e. The van der Waals surface area contributed by atoms with Crippen LogP contribution in [0.2, 0.25) is 0 Å². The Morgan fingerprint density at radius 1 is 1.08 bits per heavy atom. The highest BCUT2D eigenvalue weighted by molar-refractivity contribution is 5.94. The molecule has 7 nitrogen and oxygen atoms in total. The summed E-state index contributed by atoms with van der Waals surface area (Å²) in [5.74, 6) is 0.936. The second-order valence-corrected chi connectivity index (χ2v) is 5.53. The molecular formula is C19H20N4O3. The van der Waals surface area contributed by atoms with E-state index < -0.39 is 0 Å². The fourth-order valence-electron chi connectivity index (χ4n) is 2.53. The van der Waals surface area contributed by atoms with Crippen molar-refractivity contribution in [3.63, 3.8) is 0 Å². The van der Waals surface area contributed by atoms with Crippen molar-refractivity contribution in [2.45, 2.75) is 6.54 Å². The highest BCUT2D eigenvalue weighted by Crippen LogP contribution is 2.27. The average molecular weight is 352 g/mol. The molecule has 3 rings (SSSR count). The SMILES string of the molecule is COc1ccc(C(=O)NCCn2ccc(-c3ccncc3)n2)cc1OC. The smallest absolute Gasteiger partial charge is 0.251 e. The number of hydrogen-bond donors (Lipinski definition) is 1. The van der Waals surface area contributed by atoms with Crippen LogP contribution in [0.5, 0.6) is 11.5 Å². The van der Waals surface area contributed by atoms with Crippen LogP contribution in [0.25, 0.3) is 11.3 Å². The maximum atomic E-state index is 12.3. The van der Waals surface area contributed by atoms with Gasteiger partial charge in [-0.25, -0.2) is 0 Å². The van der Waals surface area contributed by atoms with Gasteiger partial charge in [-0.15, -0.1) is 0 Å². The lowest BCUT2D eigenvalue weighted by Gasteiger charge is -2.10. The summed E-state index contributed by atoms with van der Waals surface area (Å²) in [6, 6.07) is 10.8. The van der Waals surface area contributed by atoms with Crippen molar-refractivity contribution in [1.82, 2.24) is 20.1 Å². The molecule has 0 spiro atoms. The third-order valence-corrected chi connectivity index (χ3v) is 3.89. The number of hydrogen-bond acceptors (Lipinski definition) is 5. The van der Waals surface area contributed by atoms with E-state index in [1.165, 1.54) is 7.11 Å². The number of pyridine rings is 1. The summed E-state index contributed by atoms with van der Waals surface area (Å²) in [5, 5.41) is 7.38. The normalized spacial score (nSPS) is 10.4. The highest BCUT2D eigenvalue weighted by Gasteiger charge is 2.10. The summed E-state index contributed by atoms with van der Waals surface area (Å²) < 4.78 is 12.2. The van der Waals surface area contributed by atoms with Gasteiger partial charge in [0.2, 0.25) is 0 Å². The first-order chi connectivity index (χ1) is 12.7. The molecule has 26 heavy (non-hydrogen) atoms. The minimum atomic E-state index is -0.174. The first kappa shape index (κ1) is 17.5. The Labute approximate surface area is 151 Å². The Balaban J connectivity index is 1.57. The Bertz CT molecular complexity index is 878. The van der Waals surface area contributed by atoms with Crippen molar-refractivity contribution in [3.8, 4) is 22.8 Å². The minimum Gasteiger partial charge on any atom is -0.493 e. The molecule has 0 atom stereocenters. The molecule has 0 saturated carbocycles. The van der Waals surface area contributed by atoms with E-state index in [0.717, 1.165) is 11.3 Å². The molecule has 1 aromatic carbocycles. The molecule has 0 aliphatic rings. The van der Waals surface area contributed by atoms with E-state index in [-0.39, 0.29) is 5.91 Å². The molecule has 0 saturated heterocycles. The fraction of sp³-hybridized carbons (Fsp3) is 0.211. The van der Waals surface area contributed by atoms with Gasteiger partial charge in [0.25, 0.3) is 5.91 Å². The Morgan fingerprint density at radius 3 is 2.58 bits per heavy atom. The van der Waals surface area contributed by atoms with Crippen LogP contribution in [-0.2, 0) is 6.54 Å². The summed E-state index contributed by atoms with van der Waals surface area (Å²) in [5.41, 5.74) is 2.40. The Hall–Kier alpha value is -3.35. The Kier molecular flexibility index (Phi) is 5.48. The maximum absolute atomic E-state index is 12.3. The van der Waals surface area contributed by atoms with E-state index in [2.05, 4.69) is 15.4 Å². The third kappa shape index (κ3) is 4.00. The van der Waals surface area contributed by atoms with Gasteiger partial charge >= 0.3 is 0 Å². The van der Waals surface area contributed by atoms with Gasteiger partial charge in [0.05, 0.1) is 26.5 Å².